The Hall–Kier alpha value is -2.15. The summed E-state index contributed by atoms with van der Waals surface area (Å²) >= 11 is 6.02. The number of nitrogens with one attached hydrogen (secondary N) is 1. The van der Waals surface area contributed by atoms with Crippen LogP contribution in [0.2, 0.25) is 5.02 Å². The van der Waals surface area contributed by atoms with Gasteiger partial charge in [-0.15, -0.1) is 0 Å². The van der Waals surface area contributed by atoms with Gasteiger partial charge in [0.15, 0.2) is 0 Å². The Labute approximate surface area is 195 Å². The SMILES string of the molecule is CN1C2CCC1CC(NC(=O)CN1CCN(c3cncc(-c4ccc(Cl)cc4)c3)CC1)C2. The average Bonchev–Trinajstić information content (AvgIpc) is 3.00. The predicted molar refractivity (Wildman–Crippen MR) is 129 cm³/mol. The fourth-order valence-corrected chi connectivity index (χ4v) is 5.70. The van der Waals surface area contributed by atoms with Crippen molar-refractivity contribution in [2.75, 3.05) is 44.7 Å². The summed E-state index contributed by atoms with van der Waals surface area (Å²) in [4.78, 5) is 24.3. The zero-order chi connectivity index (χ0) is 22.1. The molecule has 3 fully saturated rings. The number of carbonyl (C=O) groups excluding carboxylic acids is 1. The smallest absolute Gasteiger partial charge is 0.234 e. The number of pyridine rings is 1. The van der Waals surface area contributed by atoms with Crippen molar-refractivity contribution in [2.45, 2.75) is 43.8 Å². The first-order valence-electron chi connectivity index (χ1n) is 11.7. The summed E-state index contributed by atoms with van der Waals surface area (Å²) in [5.41, 5.74) is 3.33. The third kappa shape index (κ3) is 4.77. The second kappa shape index (κ2) is 9.38. The van der Waals surface area contributed by atoms with Crippen LogP contribution in [0, 0.1) is 0 Å². The van der Waals surface area contributed by atoms with E-state index in [1.54, 1.807) is 0 Å². The Morgan fingerprint density at radius 2 is 1.72 bits per heavy atom. The lowest BCUT2D eigenvalue weighted by Crippen LogP contribution is -2.53. The molecule has 32 heavy (non-hydrogen) atoms. The first-order valence-corrected chi connectivity index (χ1v) is 12.1. The molecular weight excluding hydrogens is 422 g/mol. The molecule has 0 saturated carbocycles. The van der Waals surface area contributed by atoms with E-state index in [4.69, 9.17) is 11.6 Å². The molecule has 5 rings (SSSR count). The summed E-state index contributed by atoms with van der Waals surface area (Å²) in [6.07, 6.45) is 8.58. The van der Waals surface area contributed by atoms with Crippen LogP contribution >= 0.6 is 11.6 Å². The lowest BCUT2D eigenvalue weighted by atomic mass is 9.98. The number of benzene rings is 1. The van der Waals surface area contributed by atoms with Crippen molar-refractivity contribution in [1.82, 2.24) is 20.1 Å². The Morgan fingerprint density at radius 1 is 1.03 bits per heavy atom. The Kier molecular flexibility index (Phi) is 6.35. The van der Waals surface area contributed by atoms with Crippen LogP contribution in [0.25, 0.3) is 11.1 Å². The topological polar surface area (TPSA) is 51.7 Å². The summed E-state index contributed by atoms with van der Waals surface area (Å²) < 4.78 is 0. The number of nitrogens with zero attached hydrogens (tertiary/aromatic N) is 4. The number of hydrogen-bond donors (Lipinski definition) is 1. The molecule has 3 saturated heterocycles. The summed E-state index contributed by atoms with van der Waals surface area (Å²) in [7, 11) is 2.24. The number of piperazine rings is 1. The van der Waals surface area contributed by atoms with Gasteiger partial charge < -0.3 is 15.1 Å². The molecule has 170 valence electrons. The fraction of sp³-hybridized carbons (Fsp3) is 0.520. The highest BCUT2D eigenvalue weighted by Gasteiger charge is 2.38. The van der Waals surface area contributed by atoms with Crippen LogP contribution < -0.4 is 10.2 Å². The molecule has 2 aromatic rings. The second-order valence-corrected chi connectivity index (χ2v) is 9.92. The highest BCUT2D eigenvalue weighted by Crippen LogP contribution is 2.34. The minimum atomic E-state index is 0.179. The van der Waals surface area contributed by atoms with Gasteiger partial charge in [-0.3, -0.25) is 14.7 Å². The van der Waals surface area contributed by atoms with E-state index in [-0.39, 0.29) is 5.91 Å². The highest BCUT2D eigenvalue weighted by molar-refractivity contribution is 6.30. The van der Waals surface area contributed by atoms with Crippen LogP contribution in [0.4, 0.5) is 5.69 Å². The maximum atomic E-state index is 12.7. The quantitative estimate of drug-likeness (QED) is 0.753. The molecule has 1 N–H and O–H groups in total. The molecule has 1 amide bonds. The molecule has 0 aliphatic carbocycles. The summed E-state index contributed by atoms with van der Waals surface area (Å²) in [6, 6.07) is 11.7. The summed E-state index contributed by atoms with van der Waals surface area (Å²) in [5.74, 6) is 0.179. The molecule has 1 aromatic carbocycles. The van der Waals surface area contributed by atoms with Crippen LogP contribution in [0.1, 0.15) is 25.7 Å². The van der Waals surface area contributed by atoms with Gasteiger partial charge in [0.1, 0.15) is 0 Å². The van der Waals surface area contributed by atoms with Crippen LogP contribution in [-0.2, 0) is 4.79 Å². The van der Waals surface area contributed by atoms with Crippen molar-refractivity contribution in [2.24, 2.45) is 0 Å². The zero-order valence-electron chi connectivity index (χ0n) is 18.7. The minimum absolute atomic E-state index is 0.179. The number of rotatable bonds is 5. The van der Waals surface area contributed by atoms with Crippen LogP contribution in [0.15, 0.2) is 42.7 Å². The molecular formula is C25H32ClN5O. The van der Waals surface area contributed by atoms with Gasteiger partial charge in [-0.2, -0.15) is 0 Å². The summed E-state index contributed by atoms with van der Waals surface area (Å²) in [5, 5.41) is 4.06. The maximum absolute atomic E-state index is 12.7. The number of carbonyl (C=O) groups is 1. The van der Waals surface area contributed by atoms with Gasteiger partial charge in [0.05, 0.1) is 18.4 Å². The van der Waals surface area contributed by atoms with Crippen molar-refractivity contribution in [3.63, 3.8) is 0 Å². The molecule has 4 heterocycles. The second-order valence-electron chi connectivity index (χ2n) is 9.49. The molecule has 2 bridgehead atoms. The number of amides is 1. The van der Waals surface area contributed by atoms with Crippen molar-refractivity contribution < 1.29 is 4.79 Å². The third-order valence-electron chi connectivity index (χ3n) is 7.47. The number of aromatic nitrogens is 1. The Balaban J connectivity index is 1.12. The Bertz CT molecular complexity index is 930. The van der Waals surface area contributed by atoms with Crippen molar-refractivity contribution in [1.29, 1.82) is 0 Å². The monoisotopic (exact) mass is 453 g/mol. The highest BCUT2D eigenvalue weighted by atomic mass is 35.5. The van der Waals surface area contributed by atoms with Crippen LogP contribution in [0.3, 0.4) is 0 Å². The zero-order valence-corrected chi connectivity index (χ0v) is 19.5. The standard InChI is InChI=1S/C25H32ClN5O/c1-29-22-6-7-23(29)14-21(13-22)28-25(32)17-30-8-10-31(11-9-30)24-12-19(15-27-16-24)18-2-4-20(26)5-3-18/h2-5,12,15-16,21-23H,6-11,13-14,17H2,1H3,(H,28,32). The normalized spacial score (nSPS) is 26.3. The molecule has 1 aromatic heterocycles. The molecule has 6 nitrogen and oxygen atoms in total. The first-order chi connectivity index (χ1) is 15.5. The number of halogens is 1. The van der Waals surface area contributed by atoms with Gasteiger partial charge >= 0.3 is 0 Å². The average molecular weight is 454 g/mol. The maximum Gasteiger partial charge on any atom is 0.234 e. The van der Waals surface area contributed by atoms with Gasteiger partial charge in [-0.05, 0) is 56.5 Å². The van der Waals surface area contributed by atoms with E-state index < -0.39 is 0 Å². The van der Waals surface area contributed by atoms with Crippen molar-refractivity contribution in [3.8, 4) is 11.1 Å². The molecule has 7 heteroatoms. The molecule has 0 spiro atoms. The van der Waals surface area contributed by atoms with Gasteiger partial charge in [0.25, 0.3) is 0 Å². The molecule has 2 atom stereocenters. The lowest BCUT2D eigenvalue weighted by Gasteiger charge is -2.38. The van der Waals surface area contributed by atoms with Gasteiger partial charge in [0.2, 0.25) is 5.91 Å². The minimum Gasteiger partial charge on any atom is -0.368 e. The molecule has 0 radical (unpaired) electrons. The Morgan fingerprint density at radius 3 is 2.41 bits per heavy atom. The number of hydrogen-bond acceptors (Lipinski definition) is 5. The number of piperidine rings is 1. The van der Waals surface area contributed by atoms with E-state index in [1.165, 1.54) is 12.8 Å². The van der Waals surface area contributed by atoms with Crippen LogP contribution in [0.5, 0.6) is 0 Å². The van der Waals surface area contributed by atoms with E-state index >= 15 is 0 Å². The van der Waals surface area contributed by atoms with Gasteiger partial charge in [0, 0.05) is 61.1 Å². The van der Waals surface area contributed by atoms with E-state index in [9.17, 15) is 4.79 Å². The first kappa shape index (κ1) is 21.7. The molecule has 3 aliphatic rings. The van der Waals surface area contributed by atoms with E-state index in [1.807, 2.05) is 36.7 Å². The van der Waals surface area contributed by atoms with Crippen molar-refractivity contribution in [3.05, 3.63) is 47.7 Å². The van der Waals surface area contributed by atoms with E-state index in [0.29, 0.717) is 24.7 Å². The number of fused-ring (bicyclic) bond motifs is 2. The van der Waals surface area contributed by atoms with Gasteiger partial charge in [-0.25, -0.2) is 0 Å². The largest absolute Gasteiger partial charge is 0.368 e. The van der Waals surface area contributed by atoms with E-state index in [0.717, 1.165) is 60.9 Å². The predicted octanol–water partition coefficient (Wildman–Crippen LogP) is 3.27. The van der Waals surface area contributed by atoms with Gasteiger partial charge in [-0.1, -0.05) is 23.7 Å². The van der Waals surface area contributed by atoms with E-state index in [2.05, 4.69) is 38.1 Å². The van der Waals surface area contributed by atoms with Crippen molar-refractivity contribution >= 4 is 23.2 Å². The number of anilines is 1. The molecule has 2 unspecified atom stereocenters. The summed E-state index contributed by atoms with van der Waals surface area (Å²) in [6.45, 7) is 4.07. The fourth-order valence-electron chi connectivity index (χ4n) is 5.57. The third-order valence-corrected chi connectivity index (χ3v) is 7.72. The lowest BCUT2D eigenvalue weighted by molar-refractivity contribution is -0.123. The molecule has 3 aliphatic heterocycles. The van der Waals surface area contributed by atoms with Crippen LogP contribution in [-0.4, -0.2) is 78.6 Å².